The maximum atomic E-state index is 5.75. The molecule has 2 rings (SSSR count). The number of nitrogen functional groups attached to an aromatic ring is 1. The van der Waals surface area contributed by atoms with E-state index in [1.165, 1.54) is 0 Å². The zero-order valence-corrected chi connectivity index (χ0v) is 8.59. The second-order valence-corrected chi connectivity index (χ2v) is 3.24. The van der Waals surface area contributed by atoms with E-state index in [1.54, 1.807) is 10.9 Å². The minimum absolute atomic E-state index is 0.386. The number of rotatable bonds is 3. The first-order chi connectivity index (χ1) is 7.31. The lowest BCUT2D eigenvalue weighted by molar-refractivity contribution is 0.789. The molecule has 2 N–H and O–H groups in total. The van der Waals surface area contributed by atoms with Crippen molar-refractivity contribution in [1.29, 1.82) is 0 Å². The molecule has 0 unspecified atom stereocenters. The molecule has 78 valence electrons. The molecule has 15 heavy (non-hydrogen) atoms. The van der Waals surface area contributed by atoms with Gasteiger partial charge >= 0.3 is 0 Å². The van der Waals surface area contributed by atoms with Gasteiger partial charge < -0.3 is 5.73 Å². The number of aryl methyl sites for hydroxylation is 1. The predicted molar refractivity (Wildman–Crippen MR) is 57.6 cm³/mol. The van der Waals surface area contributed by atoms with E-state index in [4.69, 9.17) is 5.73 Å². The average Bonchev–Trinajstić information content (AvgIpc) is 2.61. The fraction of sp³-hybridized carbons (Fsp3) is 0.300. The van der Waals surface area contributed by atoms with E-state index < -0.39 is 0 Å². The third kappa shape index (κ3) is 1.96. The van der Waals surface area contributed by atoms with Gasteiger partial charge in [0, 0.05) is 12.6 Å². The molecule has 2 heterocycles. The van der Waals surface area contributed by atoms with Crippen LogP contribution in [-0.2, 0) is 6.42 Å². The molecule has 0 aliphatic rings. The van der Waals surface area contributed by atoms with Crippen LogP contribution in [0.3, 0.4) is 0 Å². The Morgan fingerprint density at radius 3 is 2.93 bits per heavy atom. The second kappa shape index (κ2) is 4.08. The molecule has 5 heteroatoms. The maximum absolute atomic E-state index is 5.75. The van der Waals surface area contributed by atoms with Gasteiger partial charge in [-0.2, -0.15) is 9.67 Å². The average molecular weight is 203 g/mol. The van der Waals surface area contributed by atoms with Crippen LogP contribution >= 0.6 is 0 Å². The summed E-state index contributed by atoms with van der Waals surface area (Å²) < 4.78 is 1.56. The summed E-state index contributed by atoms with van der Waals surface area (Å²) in [6, 6.07) is 5.59. The Labute approximate surface area is 88.0 Å². The number of hydrogen-bond donors (Lipinski definition) is 1. The van der Waals surface area contributed by atoms with Crippen molar-refractivity contribution in [3.8, 4) is 5.82 Å². The largest absolute Gasteiger partial charge is 0.368 e. The molecule has 2 aromatic rings. The topological polar surface area (TPSA) is 69.6 Å². The predicted octanol–water partition coefficient (Wildman–Crippen LogP) is 1.20. The van der Waals surface area contributed by atoms with Crippen LogP contribution in [0.5, 0.6) is 0 Å². The van der Waals surface area contributed by atoms with Crippen LogP contribution in [-0.4, -0.2) is 19.7 Å². The normalized spacial score (nSPS) is 10.5. The zero-order valence-electron chi connectivity index (χ0n) is 8.59. The van der Waals surface area contributed by atoms with Gasteiger partial charge in [-0.25, -0.2) is 4.98 Å². The van der Waals surface area contributed by atoms with E-state index in [0.29, 0.717) is 11.8 Å². The number of aromatic nitrogens is 4. The van der Waals surface area contributed by atoms with Crippen molar-refractivity contribution in [2.45, 2.75) is 19.8 Å². The van der Waals surface area contributed by atoms with Gasteiger partial charge in [0.1, 0.15) is 0 Å². The number of nitrogens with zero attached hydrogens (tertiary/aromatic N) is 4. The Bertz CT molecular complexity index is 434. The third-order valence-corrected chi connectivity index (χ3v) is 2.02. The molecule has 0 radical (unpaired) electrons. The standard InChI is InChI=1S/C10H13N5/c1-2-5-8-13-10(11)15(14-8)9-6-3-4-7-12-9/h3-4,6-7H,2,5H2,1H3,(H2,11,13,14). The van der Waals surface area contributed by atoms with Gasteiger partial charge in [0.05, 0.1) is 0 Å². The van der Waals surface area contributed by atoms with E-state index in [9.17, 15) is 0 Å². The number of anilines is 1. The van der Waals surface area contributed by atoms with Crippen LogP contribution in [0.1, 0.15) is 19.2 Å². The molecular weight excluding hydrogens is 190 g/mol. The van der Waals surface area contributed by atoms with E-state index in [2.05, 4.69) is 22.0 Å². The molecule has 0 saturated heterocycles. The molecule has 0 bridgehead atoms. The Morgan fingerprint density at radius 1 is 1.40 bits per heavy atom. The smallest absolute Gasteiger partial charge is 0.225 e. The van der Waals surface area contributed by atoms with Crippen molar-refractivity contribution in [2.75, 3.05) is 5.73 Å². The quantitative estimate of drug-likeness (QED) is 0.813. The Balaban J connectivity index is 2.36. The van der Waals surface area contributed by atoms with Crippen LogP contribution < -0.4 is 5.73 Å². The summed E-state index contributed by atoms with van der Waals surface area (Å²) in [5.41, 5.74) is 5.75. The molecule has 5 nitrogen and oxygen atoms in total. The monoisotopic (exact) mass is 203 g/mol. The lowest BCUT2D eigenvalue weighted by Crippen LogP contribution is -2.03. The summed E-state index contributed by atoms with van der Waals surface area (Å²) in [7, 11) is 0. The van der Waals surface area contributed by atoms with Crippen LogP contribution in [0.25, 0.3) is 5.82 Å². The SMILES string of the molecule is CCCc1nc(N)n(-c2ccccn2)n1. The van der Waals surface area contributed by atoms with E-state index >= 15 is 0 Å². The molecule has 2 aromatic heterocycles. The van der Waals surface area contributed by atoms with Crippen LogP contribution in [0.15, 0.2) is 24.4 Å². The lowest BCUT2D eigenvalue weighted by atomic mass is 10.3. The van der Waals surface area contributed by atoms with Gasteiger partial charge in [-0.05, 0) is 18.6 Å². The van der Waals surface area contributed by atoms with E-state index in [0.717, 1.165) is 18.7 Å². The van der Waals surface area contributed by atoms with Crippen LogP contribution in [0.4, 0.5) is 5.95 Å². The summed E-state index contributed by atoms with van der Waals surface area (Å²) in [4.78, 5) is 8.33. The molecule has 0 atom stereocenters. The van der Waals surface area contributed by atoms with Crippen molar-refractivity contribution in [3.63, 3.8) is 0 Å². The highest BCUT2D eigenvalue weighted by atomic mass is 15.4. The summed E-state index contributed by atoms with van der Waals surface area (Å²) in [5, 5.41) is 4.29. The van der Waals surface area contributed by atoms with Crippen LogP contribution in [0, 0.1) is 0 Å². The van der Waals surface area contributed by atoms with Crippen molar-refractivity contribution in [1.82, 2.24) is 19.7 Å². The number of nitrogens with two attached hydrogens (primary N) is 1. The van der Waals surface area contributed by atoms with Gasteiger partial charge in [0.25, 0.3) is 0 Å². The van der Waals surface area contributed by atoms with Crippen molar-refractivity contribution in [3.05, 3.63) is 30.2 Å². The first-order valence-corrected chi connectivity index (χ1v) is 4.94. The summed E-state index contributed by atoms with van der Waals surface area (Å²) in [6.07, 6.45) is 3.55. The van der Waals surface area contributed by atoms with Crippen molar-refractivity contribution < 1.29 is 0 Å². The minimum Gasteiger partial charge on any atom is -0.368 e. The second-order valence-electron chi connectivity index (χ2n) is 3.24. The number of pyridine rings is 1. The highest BCUT2D eigenvalue weighted by Gasteiger charge is 2.07. The molecular formula is C10H13N5. The van der Waals surface area contributed by atoms with Gasteiger partial charge in [0.2, 0.25) is 5.95 Å². The van der Waals surface area contributed by atoms with Gasteiger partial charge in [-0.15, -0.1) is 5.10 Å². The Morgan fingerprint density at radius 2 is 2.27 bits per heavy atom. The Hall–Kier alpha value is -1.91. The van der Waals surface area contributed by atoms with Crippen molar-refractivity contribution >= 4 is 5.95 Å². The summed E-state index contributed by atoms with van der Waals surface area (Å²) in [5.74, 6) is 1.85. The molecule has 0 spiro atoms. The molecule has 0 amide bonds. The van der Waals surface area contributed by atoms with Gasteiger partial charge in [-0.1, -0.05) is 13.0 Å². The summed E-state index contributed by atoms with van der Waals surface area (Å²) >= 11 is 0. The maximum Gasteiger partial charge on any atom is 0.225 e. The molecule has 0 aliphatic heterocycles. The van der Waals surface area contributed by atoms with Crippen LogP contribution in [0.2, 0.25) is 0 Å². The Kier molecular flexibility index (Phi) is 2.62. The van der Waals surface area contributed by atoms with Crippen molar-refractivity contribution in [2.24, 2.45) is 0 Å². The highest BCUT2D eigenvalue weighted by molar-refractivity contribution is 5.30. The molecule has 0 saturated carbocycles. The van der Waals surface area contributed by atoms with E-state index in [1.807, 2.05) is 18.2 Å². The first kappa shape index (κ1) is 9.64. The highest BCUT2D eigenvalue weighted by Crippen LogP contribution is 2.08. The zero-order chi connectivity index (χ0) is 10.7. The molecule has 0 aliphatic carbocycles. The fourth-order valence-corrected chi connectivity index (χ4v) is 1.35. The first-order valence-electron chi connectivity index (χ1n) is 4.94. The molecule has 0 fully saturated rings. The van der Waals surface area contributed by atoms with Gasteiger partial charge in [0.15, 0.2) is 11.6 Å². The fourth-order valence-electron chi connectivity index (χ4n) is 1.35. The summed E-state index contributed by atoms with van der Waals surface area (Å²) in [6.45, 7) is 2.08. The lowest BCUT2D eigenvalue weighted by Gasteiger charge is -1.99. The number of hydrogen-bond acceptors (Lipinski definition) is 4. The minimum atomic E-state index is 0.386. The van der Waals surface area contributed by atoms with E-state index in [-0.39, 0.29) is 0 Å². The molecule has 0 aromatic carbocycles. The third-order valence-electron chi connectivity index (χ3n) is 2.02. The van der Waals surface area contributed by atoms with Gasteiger partial charge in [-0.3, -0.25) is 0 Å².